The van der Waals surface area contributed by atoms with Gasteiger partial charge < -0.3 is 10.1 Å². The smallest absolute Gasteiger partial charge is 0.437 e. The number of aromatic nitrogens is 2. The second-order valence-corrected chi connectivity index (χ2v) is 5.92. The van der Waals surface area contributed by atoms with Gasteiger partial charge in [-0.3, -0.25) is 9.78 Å². The number of benzene rings is 1. The molecule has 2 aromatic heterocycles. The molecule has 1 N–H and O–H groups in total. The van der Waals surface area contributed by atoms with Crippen molar-refractivity contribution in [3.63, 3.8) is 0 Å². The van der Waals surface area contributed by atoms with Gasteiger partial charge in [-0.15, -0.1) is 0 Å². The maximum atomic E-state index is 13.6. The van der Waals surface area contributed by atoms with Crippen molar-refractivity contribution in [2.45, 2.75) is 13.1 Å². The highest BCUT2D eigenvalue weighted by Gasteiger charge is 2.36. The molecule has 29 heavy (non-hydrogen) atoms. The lowest BCUT2D eigenvalue weighted by Crippen LogP contribution is -2.16. The highest BCUT2D eigenvalue weighted by Crippen LogP contribution is 2.37. The van der Waals surface area contributed by atoms with Crippen LogP contribution in [0.5, 0.6) is 11.5 Å². The van der Waals surface area contributed by atoms with E-state index in [1.54, 1.807) is 6.92 Å². The molecule has 3 rings (SSSR count). The maximum Gasteiger partial charge on any atom is 0.437 e. The Hall–Kier alpha value is -3.56. The molecule has 0 aliphatic heterocycles. The van der Waals surface area contributed by atoms with Gasteiger partial charge in [-0.1, -0.05) is 0 Å². The highest BCUT2D eigenvalue weighted by molar-refractivity contribution is 6.04. The lowest BCUT2D eigenvalue weighted by molar-refractivity contribution is -0.142. The Morgan fingerprint density at radius 2 is 1.66 bits per heavy atom. The second kappa shape index (κ2) is 7.82. The van der Waals surface area contributed by atoms with E-state index in [0.29, 0.717) is 18.0 Å². The number of alkyl halides is 3. The van der Waals surface area contributed by atoms with Crippen molar-refractivity contribution < 1.29 is 31.5 Å². The minimum absolute atomic E-state index is 0.0437. The first-order valence-electron chi connectivity index (χ1n) is 8.07. The van der Waals surface area contributed by atoms with Crippen molar-refractivity contribution in [3.8, 4) is 11.5 Å². The Bertz CT molecular complexity index is 1030. The molecule has 0 saturated carbocycles. The van der Waals surface area contributed by atoms with Gasteiger partial charge >= 0.3 is 6.18 Å². The first-order chi connectivity index (χ1) is 13.6. The number of carbonyl (C=O) groups is 1. The van der Waals surface area contributed by atoms with Crippen molar-refractivity contribution in [3.05, 3.63) is 77.4 Å². The van der Waals surface area contributed by atoms with Crippen LogP contribution in [-0.2, 0) is 6.18 Å². The Morgan fingerprint density at radius 3 is 2.24 bits per heavy atom. The lowest BCUT2D eigenvalue weighted by atomic mass is 10.2. The molecule has 0 radical (unpaired) electrons. The summed E-state index contributed by atoms with van der Waals surface area (Å²) in [5, 5.41) is 2.28. The number of carbonyl (C=O) groups excluding carboxylic acids is 1. The van der Waals surface area contributed by atoms with E-state index in [1.807, 2.05) is 0 Å². The predicted molar refractivity (Wildman–Crippen MR) is 92.6 cm³/mol. The van der Waals surface area contributed by atoms with E-state index in [1.165, 1.54) is 30.3 Å². The zero-order valence-corrected chi connectivity index (χ0v) is 14.7. The monoisotopic (exact) mass is 409 g/mol. The second-order valence-electron chi connectivity index (χ2n) is 5.92. The quantitative estimate of drug-likeness (QED) is 0.607. The molecule has 0 aliphatic rings. The molecule has 10 heteroatoms. The topological polar surface area (TPSA) is 64.1 Å². The van der Waals surface area contributed by atoms with Crippen molar-refractivity contribution in [1.82, 2.24) is 9.97 Å². The molecule has 0 fully saturated rings. The molecule has 0 spiro atoms. The van der Waals surface area contributed by atoms with Gasteiger partial charge in [-0.25, -0.2) is 13.8 Å². The molecule has 3 aromatic rings. The summed E-state index contributed by atoms with van der Waals surface area (Å²) in [6.45, 7) is 1.57. The molecule has 1 amide bonds. The Balaban J connectivity index is 1.78. The van der Waals surface area contributed by atoms with E-state index < -0.39 is 40.7 Å². The zero-order chi connectivity index (χ0) is 21.2. The van der Waals surface area contributed by atoms with E-state index in [2.05, 4.69) is 15.3 Å². The molecule has 0 saturated heterocycles. The Labute approximate surface area is 161 Å². The van der Waals surface area contributed by atoms with Gasteiger partial charge in [0.05, 0.1) is 12.4 Å². The highest BCUT2D eigenvalue weighted by atomic mass is 19.4. The van der Waals surface area contributed by atoms with Crippen LogP contribution in [0.2, 0.25) is 0 Å². The number of nitrogens with zero attached hydrogens (tertiary/aromatic N) is 2. The number of pyridine rings is 2. The summed E-state index contributed by atoms with van der Waals surface area (Å²) < 4.78 is 71.7. The van der Waals surface area contributed by atoms with Gasteiger partial charge in [0, 0.05) is 11.9 Å². The van der Waals surface area contributed by atoms with Gasteiger partial charge in [-0.05, 0) is 42.8 Å². The van der Waals surface area contributed by atoms with Gasteiger partial charge in [-0.2, -0.15) is 13.2 Å². The van der Waals surface area contributed by atoms with E-state index in [0.717, 1.165) is 6.20 Å². The van der Waals surface area contributed by atoms with Crippen LogP contribution in [0.4, 0.5) is 27.6 Å². The number of hydrogen-bond acceptors (Lipinski definition) is 4. The fourth-order valence-electron chi connectivity index (χ4n) is 2.39. The molecular weight excluding hydrogens is 397 g/mol. The number of anilines is 1. The van der Waals surface area contributed by atoms with Crippen LogP contribution in [-0.4, -0.2) is 15.9 Å². The molecule has 0 aliphatic carbocycles. The summed E-state index contributed by atoms with van der Waals surface area (Å²) in [6.07, 6.45) is -2.23. The summed E-state index contributed by atoms with van der Waals surface area (Å²) in [5.74, 6) is -3.74. The number of nitrogens with one attached hydrogen (secondary N) is 1. The zero-order valence-electron chi connectivity index (χ0n) is 14.7. The van der Waals surface area contributed by atoms with E-state index >= 15 is 0 Å². The van der Waals surface area contributed by atoms with Crippen LogP contribution in [0.3, 0.4) is 0 Å². The molecule has 1 aromatic carbocycles. The van der Waals surface area contributed by atoms with E-state index in [4.69, 9.17) is 4.74 Å². The number of aryl methyl sites for hydroxylation is 1. The van der Waals surface area contributed by atoms with Crippen molar-refractivity contribution >= 4 is 11.6 Å². The first kappa shape index (κ1) is 20.2. The fourth-order valence-corrected chi connectivity index (χ4v) is 2.39. The summed E-state index contributed by atoms with van der Waals surface area (Å²) in [6, 6.07) is 6.39. The third-order valence-electron chi connectivity index (χ3n) is 3.68. The number of hydrogen-bond donors (Lipinski definition) is 1. The van der Waals surface area contributed by atoms with Crippen molar-refractivity contribution in [2.24, 2.45) is 0 Å². The average Bonchev–Trinajstić information content (AvgIpc) is 2.62. The largest absolute Gasteiger partial charge is 0.455 e. The third kappa shape index (κ3) is 4.65. The number of halogens is 5. The number of amides is 1. The Morgan fingerprint density at radius 1 is 1.03 bits per heavy atom. The third-order valence-corrected chi connectivity index (χ3v) is 3.68. The molecule has 150 valence electrons. The molecule has 5 nitrogen and oxygen atoms in total. The van der Waals surface area contributed by atoms with Crippen LogP contribution in [0.15, 0.2) is 48.9 Å². The molecular formula is C19H12F5N3O2. The standard InChI is InChI=1S/C19H12F5N3O2/c1-10-6-15(17(26-7-10)19(22,23)24)29-12-4-2-11(3-5-12)27-18(28)16-13(20)8-25-9-14(16)21/h2-9H,1H3,(H,27,28). The predicted octanol–water partition coefficient (Wildman–Crippen LogP) is 5.13. The average molecular weight is 409 g/mol. The van der Waals surface area contributed by atoms with Crippen LogP contribution >= 0.6 is 0 Å². The summed E-state index contributed by atoms with van der Waals surface area (Å²) in [5.41, 5.74) is -1.36. The minimum Gasteiger partial charge on any atom is -0.455 e. The Kier molecular flexibility index (Phi) is 5.44. The van der Waals surface area contributed by atoms with Crippen LogP contribution in [0.1, 0.15) is 21.6 Å². The minimum atomic E-state index is -4.70. The SMILES string of the molecule is Cc1cnc(C(F)(F)F)c(Oc2ccc(NC(=O)c3c(F)cncc3F)cc2)c1. The van der Waals surface area contributed by atoms with E-state index in [-0.39, 0.29) is 11.4 Å². The lowest BCUT2D eigenvalue weighted by Gasteiger charge is -2.14. The molecule has 0 bridgehead atoms. The number of ether oxygens (including phenoxy) is 1. The molecule has 2 heterocycles. The summed E-state index contributed by atoms with van der Waals surface area (Å²) in [4.78, 5) is 18.7. The van der Waals surface area contributed by atoms with Crippen LogP contribution in [0.25, 0.3) is 0 Å². The van der Waals surface area contributed by atoms with Gasteiger partial charge in [0.1, 0.15) is 11.3 Å². The van der Waals surface area contributed by atoms with Gasteiger partial charge in [0.25, 0.3) is 5.91 Å². The van der Waals surface area contributed by atoms with Gasteiger partial charge in [0.15, 0.2) is 23.1 Å². The first-order valence-corrected chi connectivity index (χ1v) is 8.07. The van der Waals surface area contributed by atoms with Crippen LogP contribution in [0, 0.1) is 18.6 Å². The fraction of sp³-hybridized carbons (Fsp3) is 0.105. The van der Waals surface area contributed by atoms with E-state index in [9.17, 15) is 26.7 Å². The summed E-state index contributed by atoms with van der Waals surface area (Å²) >= 11 is 0. The molecule has 0 unspecified atom stereocenters. The molecule has 0 atom stereocenters. The van der Waals surface area contributed by atoms with Gasteiger partial charge in [0.2, 0.25) is 0 Å². The van der Waals surface area contributed by atoms with Crippen LogP contribution < -0.4 is 10.1 Å². The number of rotatable bonds is 4. The maximum absolute atomic E-state index is 13.6. The van der Waals surface area contributed by atoms with Crippen molar-refractivity contribution in [1.29, 1.82) is 0 Å². The van der Waals surface area contributed by atoms with Crippen molar-refractivity contribution in [2.75, 3.05) is 5.32 Å². The normalized spacial score (nSPS) is 11.2. The summed E-state index contributed by atoms with van der Waals surface area (Å²) in [7, 11) is 0.